The highest BCUT2D eigenvalue weighted by Gasteiger charge is 2.20. The lowest BCUT2D eigenvalue weighted by Crippen LogP contribution is -2.10. The number of aromatic nitrogens is 1. The van der Waals surface area contributed by atoms with Gasteiger partial charge in [0.1, 0.15) is 0 Å². The molecule has 0 amide bonds. The Balaban J connectivity index is 1.06. The third-order valence-corrected chi connectivity index (χ3v) is 12.8. The van der Waals surface area contributed by atoms with E-state index < -0.39 is 0 Å². The Labute approximate surface area is 346 Å². The Morgan fingerprint density at radius 3 is 1.45 bits per heavy atom. The van der Waals surface area contributed by atoms with Crippen LogP contribution in [0.25, 0.3) is 103 Å². The summed E-state index contributed by atoms with van der Waals surface area (Å²) in [7, 11) is 0. The minimum atomic E-state index is 1.10. The molecular weight excluding hydrogens is 725 g/mol. The van der Waals surface area contributed by atoms with E-state index in [1.165, 1.54) is 97.6 Å². The quantitative estimate of drug-likeness (QED) is 0.159. The first kappa shape index (κ1) is 33.1. The van der Waals surface area contributed by atoms with Crippen molar-refractivity contribution in [2.24, 2.45) is 0 Å². The van der Waals surface area contributed by atoms with Gasteiger partial charge in [-0.2, -0.15) is 0 Å². The number of hydrogen-bond donors (Lipinski definition) is 0. The summed E-state index contributed by atoms with van der Waals surface area (Å²) in [4.78, 5) is 2.42. The minimum absolute atomic E-state index is 1.10. The highest BCUT2D eigenvalue weighted by molar-refractivity contribution is 6.37. The number of nitrogens with zero attached hydrogens (tertiary/aromatic N) is 2. The van der Waals surface area contributed by atoms with Gasteiger partial charge in [0.25, 0.3) is 0 Å². The smallest absolute Gasteiger partial charge is 0.0547 e. The maximum absolute atomic E-state index is 2.44. The van der Waals surface area contributed by atoms with Gasteiger partial charge < -0.3 is 9.47 Å². The summed E-state index contributed by atoms with van der Waals surface area (Å²) in [6.45, 7) is 0. The van der Waals surface area contributed by atoms with E-state index in [-0.39, 0.29) is 0 Å². The fraction of sp³-hybridized carbons (Fsp3) is 0. The second-order valence-electron chi connectivity index (χ2n) is 16.0. The van der Waals surface area contributed by atoms with E-state index in [1.54, 1.807) is 0 Å². The van der Waals surface area contributed by atoms with E-state index >= 15 is 0 Å². The molecule has 0 fully saturated rings. The van der Waals surface area contributed by atoms with Crippen LogP contribution in [0.4, 0.5) is 17.1 Å². The van der Waals surface area contributed by atoms with E-state index in [0.717, 1.165) is 22.7 Å². The Morgan fingerprint density at radius 2 is 0.783 bits per heavy atom. The lowest BCUT2D eigenvalue weighted by atomic mass is 9.87. The molecule has 0 unspecified atom stereocenters. The summed E-state index contributed by atoms with van der Waals surface area (Å²) >= 11 is 0. The first-order chi connectivity index (χ1) is 29.8. The van der Waals surface area contributed by atoms with Crippen LogP contribution in [-0.4, -0.2) is 4.57 Å². The van der Waals surface area contributed by atoms with Crippen molar-refractivity contribution < 1.29 is 0 Å². The van der Waals surface area contributed by atoms with Crippen molar-refractivity contribution in [1.82, 2.24) is 4.57 Å². The Morgan fingerprint density at radius 1 is 0.283 bits per heavy atom. The molecule has 1 aromatic heterocycles. The number of rotatable bonds is 5. The number of anilines is 3. The van der Waals surface area contributed by atoms with Crippen LogP contribution < -0.4 is 4.90 Å². The molecule has 0 aliphatic heterocycles. The van der Waals surface area contributed by atoms with Crippen LogP contribution in [-0.2, 0) is 0 Å². The summed E-state index contributed by atoms with van der Waals surface area (Å²) in [5.41, 5.74) is 9.33. The molecule has 0 spiro atoms. The van der Waals surface area contributed by atoms with Crippen LogP contribution >= 0.6 is 0 Å². The average molecular weight is 761 g/mol. The molecule has 13 aromatic rings. The van der Waals surface area contributed by atoms with Crippen LogP contribution in [0.5, 0.6) is 0 Å². The summed E-state index contributed by atoms with van der Waals surface area (Å²) in [6.07, 6.45) is 0. The molecule has 0 saturated carbocycles. The fourth-order valence-electron chi connectivity index (χ4n) is 10.3. The van der Waals surface area contributed by atoms with Crippen molar-refractivity contribution in [1.29, 1.82) is 0 Å². The predicted octanol–water partition coefficient (Wildman–Crippen LogP) is 16.3. The van der Waals surface area contributed by atoms with Crippen LogP contribution in [0.15, 0.2) is 218 Å². The number of fused-ring (bicyclic) bond motifs is 5. The van der Waals surface area contributed by atoms with Crippen molar-refractivity contribution in [2.45, 2.75) is 0 Å². The van der Waals surface area contributed by atoms with E-state index in [0.29, 0.717) is 0 Å². The molecule has 0 saturated heterocycles. The van der Waals surface area contributed by atoms with E-state index in [2.05, 4.69) is 228 Å². The normalized spacial score (nSPS) is 12.0. The topological polar surface area (TPSA) is 8.17 Å². The highest BCUT2D eigenvalue weighted by Crippen LogP contribution is 2.47. The van der Waals surface area contributed by atoms with Gasteiger partial charge >= 0.3 is 0 Å². The van der Waals surface area contributed by atoms with E-state index in [1.807, 2.05) is 0 Å². The lowest BCUT2D eigenvalue weighted by Gasteiger charge is -2.27. The Kier molecular flexibility index (Phi) is 7.05. The molecule has 0 radical (unpaired) electrons. The third kappa shape index (κ3) is 4.76. The predicted molar refractivity (Wildman–Crippen MR) is 257 cm³/mol. The second-order valence-corrected chi connectivity index (χ2v) is 16.0. The van der Waals surface area contributed by atoms with E-state index in [4.69, 9.17) is 0 Å². The van der Waals surface area contributed by atoms with Crippen molar-refractivity contribution in [3.05, 3.63) is 218 Å². The van der Waals surface area contributed by atoms with Crippen molar-refractivity contribution in [3.8, 4) is 16.8 Å². The maximum Gasteiger partial charge on any atom is 0.0547 e. The second kappa shape index (κ2) is 12.8. The van der Waals surface area contributed by atoms with Crippen LogP contribution in [0.1, 0.15) is 0 Å². The van der Waals surface area contributed by atoms with Gasteiger partial charge in [0.05, 0.1) is 11.0 Å². The van der Waals surface area contributed by atoms with Gasteiger partial charge in [0.2, 0.25) is 0 Å². The molecule has 12 aromatic carbocycles. The largest absolute Gasteiger partial charge is 0.310 e. The molecule has 0 aliphatic rings. The van der Waals surface area contributed by atoms with E-state index in [9.17, 15) is 0 Å². The molecule has 2 heteroatoms. The van der Waals surface area contributed by atoms with Gasteiger partial charge in [-0.15, -0.1) is 0 Å². The molecule has 0 atom stereocenters. The zero-order valence-electron chi connectivity index (χ0n) is 32.7. The average Bonchev–Trinajstić information content (AvgIpc) is 3.66. The molecule has 0 aliphatic carbocycles. The molecule has 278 valence electrons. The SMILES string of the molecule is c1ccc(N(c2ccc(-c3cccc4c3c3ccccc3n4-c3ccccc3)cc2)c2cc3ccc4cccc5c6cccc7ccc8cccc(c(c2)c3c45)c8c76)cc1. The molecule has 13 rings (SSSR count). The van der Waals surface area contributed by atoms with Crippen molar-refractivity contribution >= 4 is 104 Å². The van der Waals surface area contributed by atoms with Gasteiger partial charge in [-0.25, -0.2) is 0 Å². The summed E-state index contributed by atoms with van der Waals surface area (Å²) in [5.74, 6) is 0. The van der Waals surface area contributed by atoms with Crippen LogP contribution in [0.3, 0.4) is 0 Å². The molecule has 2 nitrogen and oxygen atoms in total. The van der Waals surface area contributed by atoms with Gasteiger partial charge in [0.15, 0.2) is 0 Å². The Bertz CT molecular complexity index is 3800. The lowest BCUT2D eigenvalue weighted by molar-refractivity contribution is 1.18. The molecule has 1 heterocycles. The molecular formula is C58H36N2. The Hall–Kier alpha value is -7.94. The standard InChI is InChI=1S/C58H36N2/c1-3-16-42(17-4-1)59(44-33-31-37(32-34-44)46-21-12-26-53-58(46)50-20-7-8-25-52(50)60(53)43-18-5-2-6-19-43)45-35-41-30-29-40-14-10-23-48-47-22-9-13-38-27-28-39-15-11-24-49(56(39)54(38)47)51(36-45)57(41)55(40)48/h1-36H. The molecule has 60 heavy (non-hydrogen) atoms. The molecule has 0 N–H and O–H groups in total. The van der Waals surface area contributed by atoms with Gasteiger partial charge in [0, 0.05) is 33.5 Å². The minimum Gasteiger partial charge on any atom is -0.310 e. The highest BCUT2D eigenvalue weighted by atomic mass is 15.1. The summed E-state index contributed by atoms with van der Waals surface area (Å²) in [6, 6.07) is 80.6. The monoisotopic (exact) mass is 760 g/mol. The maximum atomic E-state index is 2.44. The third-order valence-electron chi connectivity index (χ3n) is 12.8. The van der Waals surface area contributed by atoms with Crippen LogP contribution in [0, 0.1) is 0 Å². The summed E-state index contributed by atoms with van der Waals surface area (Å²) in [5, 5.41) is 17.9. The first-order valence-electron chi connectivity index (χ1n) is 20.8. The number of para-hydroxylation sites is 3. The molecule has 0 bridgehead atoms. The summed E-state index contributed by atoms with van der Waals surface area (Å²) < 4.78 is 2.39. The van der Waals surface area contributed by atoms with Gasteiger partial charge in [-0.1, -0.05) is 158 Å². The zero-order valence-corrected chi connectivity index (χ0v) is 32.7. The number of hydrogen-bond acceptors (Lipinski definition) is 1. The van der Waals surface area contributed by atoms with Crippen molar-refractivity contribution in [3.63, 3.8) is 0 Å². The zero-order chi connectivity index (χ0) is 39.3. The van der Waals surface area contributed by atoms with Gasteiger partial charge in [-0.3, -0.25) is 0 Å². The fourth-order valence-corrected chi connectivity index (χ4v) is 10.3. The first-order valence-corrected chi connectivity index (χ1v) is 20.8. The van der Waals surface area contributed by atoms with Crippen molar-refractivity contribution in [2.75, 3.05) is 4.90 Å². The number of benzene rings is 11. The van der Waals surface area contributed by atoms with Crippen LogP contribution in [0.2, 0.25) is 0 Å². The van der Waals surface area contributed by atoms with Gasteiger partial charge in [-0.05, 0) is 136 Å².